The van der Waals surface area contributed by atoms with E-state index in [0.717, 1.165) is 22.2 Å². The maximum Gasteiger partial charge on any atom is 0.0540 e. The molecule has 0 amide bonds. The molecule has 0 atom stereocenters. The number of hydrogen-bond donors (Lipinski definition) is 1. The summed E-state index contributed by atoms with van der Waals surface area (Å²) in [5, 5.41) is 1.20. The molecule has 21 heavy (non-hydrogen) atoms. The van der Waals surface area contributed by atoms with Gasteiger partial charge in [-0.3, -0.25) is 9.97 Å². The number of nitrogens with one attached hydrogen (secondary N) is 1. The number of H-pyrrole nitrogens is 1. The predicted molar refractivity (Wildman–Crippen MR) is 84.8 cm³/mol. The van der Waals surface area contributed by atoms with E-state index in [-0.39, 0.29) is 0 Å². The minimum absolute atomic E-state index is 1.11. The van der Waals surface area contributed by atoms with Crippen LogP contribution in [0.2, 0.25) is 0 Å². The average molecular weight is 271 g/mol. The summed E-state index contributed by atoms with van der Waals surface area (Å²) in [5.74, 6) is 0. The molecule has 1 aromatic carbocycles. The van der Waals surface area contributed by atoms with Gasteiger partial charge in [0.25, 0.3) is 0 Å². The van der Waals surface area contributed by atoms with Gasteiger partial charge >= 0.3 is 0 Å². The molecule has 0 aliphatic carbocycles. The fourth-order valence-corrected chi connectivity index (χ4v) is 2.69. The van der Waals surface area contributed by atoms with Gasteiger partial charge in [-0.25, -0.2) is 0 Å². The van der Waals surface area contributed by atoms with Gasteiger partial charge in [-0.15, -0.1) is 0 Å². The van der Waals surface area contributed by atoms with Crippen LogP contribution in [-0.2, 0) is 0 Å². The first-order valence-electron chi connectivity index (χ1n) is 6.84. The first-order chi connectivity index (χ1) is 10.4. The van der Waals surface area contributed by atoms with Gasteiger partial charge in [0.15, 0.2) is 0 Å². The molecule has 0 aliphatic heterocycles. The summed E-state index contributed by atoms with van der Waals surface area (Å²) in [5.41, 5.74) is 5.72. The molecular formula is C18H13N3. The summed E-state index contributed by atoms with van der Waals surface area (Å²) in [6, 6.07) is 14.5. The van der Waals surface area contributed by atoms with Crippen molar-refractivity contribution in [1.29, 1.82) is 0 Å². The molecule has 0 aliphatic rings. The van der Waals surface area contributed by atoms with Gasteiger partial charge in [-0.05, 0) is 23.8 Å². The summed E-state index contributed by atoms with van der Waals surface area (Å²) in [6.45, 7) is 0. The Balaban J connectivity index is 1.97. The highest BCUT2D eigenvalue weighted by Crippen LogP contribution is 2.34. The van der Waals surface area contributed by atoms with E-state index >= 15 is 0 Å². The van der Waals surface area contributed by atoms with Gasteiger partial charge in [0.2, 0.25) is 0 Å². The number of benzene rings is 1. The number of pyridine rings is 2. The van der Waals surface area contributed by atoms with Gasteiger partial charge in [-0.2, -0.15) is 0 Å². The SMILES string of the molecule is c1cncc(-c2ccc(-c3cccnc3)c3[nH]ccc23)c1. The van der Waals surface area contributed by atoms with Crippen LogP contribution in [0.1, 0.15) is 0 Å². The summed E-state index contributed by atoms with van der Waals surface area (Å²) in [7, 11) is 0. The van der Waals surface area contributed by atoms with Crippen LogP contribution in [0.5, 0.6) is 0 Å². The highest BCUT2D eigenvalue weighted by molar-refractivity contribution is 6.02. The number of aromatic amines is 1. The number of hydrogen-bond acceptors (Lipinski definition) is 2. The van der Waals surface area contributed by atoms with Crippen LogP contribution in [0.4, 0.5) is 0 Å². The molecule has 0 saturated carbocycles. The van der Waals surface area contributed by atoms with Crippen LogP contribution in [0.25, 0.3) is 33.2 Å². The molecule has 4 aromatic rings. The largest absolute Gasteiger partial charge is 0.361 e. The molecule has 3 heteroatoms. The van der Waals surface area contributed by atoms with Crippen molar-refractivity contribution in [3.63, 3.8) is 0 Å². The lowest BCUT2D eigenvalue weighted by Crippen LogP contribution is -1.85. The topological polar surface area (TPSA) is 41.6 Å². The Hall–Kier alpha value is -2.94. The van der Waals surface area contributed by atoms with Crippen LogP contribution in [0.15, 0.2) is 73.4 Å². The zero-order chi connectivity index (χ0) is 14.1. The Labute approximate surface area is 122 Å². The Morgan fingerprint density at radius 1 is 0.714 bits per heavy atom. The second-order valence-electron chi connectivity index (χ2n) is 4.91. The van der Waals surface area contributed by atoms with Crippen molar-refractivity contribution in [3.05, 3.63) is 73.4 Å². The first kappa shape index (κ1) is 11.9. The average Bonchev–Trinajstić information content (AvgIpc) is 3.05. The Morgan fingerprint density at radius 3 is 2.05 bits per heavy atom. The Kier molecular flexibility index (Phi) is 2.75. The van der Waals surface area contributed by atoms with Gasteiger partial charge in [0.1, 0.15) is 0 Å². The molecule has 0 fully saturated rings. The minimum atomic E-state index is 1.11. The minimum Gasteiger partial charge on any atom is -0.361 e. The van der Waals surface area contributed by atoms with Crippen LogP contribution in [-0.4, -0.2) is 15.0 Å². The molecule has 0 bridgehead atoms. The van der Waals surface area contributed by atoms with E-state index in [1.807, 2.05) is 30.7 Å². The third-order valence-electron chi connectivity index (χ3n) is 3.67. The van der Waals surface area contributed by atoms with Crippen molar-refractivity contribution in [2.75, 3.05) is 0 Å². The smallest absolute Gasteiger partial charge is 0.0540 e. The van der Waals surface area contributed by atoms with Crippen LogP contribution < -0.4 is 0 Å². The second-order valence-corrected chi connectivity index (χ2v) is 4.91. The third kappa shape index (κ3) is 1.99. The molecule has 3 nitrogen and oxygen atoms in total. The van der Waals surface area contributed by atoms with Crippen molar-refractivity contribution in [2.24, 2.45) is 0 Å². The summed E-state index contributed by atoms with van der Waals surface area (Å²) in [4.78, 5) is 11.8. The molecule has 3 heterocycles. The maximum atomic E-state index is 4.21. The highest BCUT2D eigenvalue weighted by atomic mass is 14.7. The van der Waals surface area contributed by atoms with Crippen LogP contribution >= 0.6 is 0 Å². The molecule has 0 spiro atoms. The molecule has 1 N–H and O–H groups in total. The lowest BCUT2D eigenvalue weighted by molar-refractivity contribution is 1.33. The summed E-state index contributed by atoms with van der Waals surface area (Å²) < 4.78 is 0. The lowest BCUT2D eigenvalue weighted by atomic mass is 9.98. The molecule has 0 radical (unpaired) electrons. The molecule has 0 saturated heterocycles. The molecule has 100 valence electrons. The number of fused-ring (bicyclic) bond motifs is 1. The Bertz CT molecular complexity index is 807. The van der Waals surface area contributed by atoms with E-state index in [1.54, 1.807) is 12.4 Å². The first-order valence-corrected chi connectivity index (χ1v) is 6.84. The fourth-order valence-electron chi connectivity index (χ4n) is 2.69. The van der Waals surface area contributed by atoms with Crippen LogP contribution in [0.3, 0.4) is 0 Å². The zero-order valence-electron chi connectivity index (χ0n) is 11.3. The second kappa shape index (κ2) is 4.87. The van der Waals surface area contributed by atoms with Crippen LogP contribution in [0, 0.1) is 0 Å². The monoisotopic (exact) mass is 271 g/mol. The standard InChI is InChI=1S/C18H13N3/c1-3-13(11-19-8-1)15-5-6-16(14-4-2-9-20-12-14)18-17(15)7-10-21-18/h1-12,21H. The van der Waals surface area contributed by atoms with Gasteiger partial charge in [0.05, 0.1) is 5.52 Å². The van der Waals surface area contributed by atoms with E-state index < -0.39 is 0 Å². The quantitative estimate of drug-likeness (QED) is 0.591. The zero-order valence-corrected chi connectivity index (χ0v) is 11.3. The van der Waals surface area contributed by atoms with Gasteiger partial charge < -0.3 is 4.98 Å². The molecule has 3 aromatic heterocycles. The summed E-state index contributed by atoms with van der Waals surface area (Å²) >= 11 is 0. The molecular weight excluding hydrogens is 258 g/mol. The van der Waals surface area contributed by atoms with Crippen molar-refractivity contribution in [1.82, 2.24) is 15.0 Å². The van der Waals surface area contributed by atoms with Gasteiger partial charge in [-0.1, -0.05) is 24.3 Å². The number of nitrogens with zero attached hydrogens (tertiary/aromatic N) is 2. The third-order valence-corrected chi connectivity index (χ3v) is 3.67. The number of aromatic nitrogens is 3. The van der Waals surface area contributed by atoms with Crippen molar-refractivity contribution >= 4 is 10.9 Å². The van der Waals surface area contributed by atoms with E-state index in [0.29, 0.717) is 0 Å². The van der Waals surface area contributed by atoms with Gasteiger partial charge in [0, 0.05) is 53.1 Å². The van der Waals surface area contributed by atoms with Crippen molar-refractivity contribution < 1.29 is 0 Å². The normalized spacial score (nSPS) is 10.9. The fraction of sp³-hybridized carbons (Fsp3) is 0. The van der Waals surface area contributed by atoms with E-state index in [1.165, 1.54) is 10.9 Å². The predicted octanol–water partition coefficient (Wildman–Crippen LogP) is 4.29. The maximum absolute atomic E-state index is 4.21. The molecule has 4 rings (SSSR count). The van der Waals surface area contributed by atoms with E-state index in [4.69, 9.17) is 0 Å². The van der Waals surface area contributed by atoms with E-state index in [2.05, 4.69) is 45.3 Å². The number of rotatable bonds is 2. The van der Waals surface area contributed by atoms with E-state index in [9.17, 15) is 0 Å². The molecule has 0 unspecified atom stereocenters. The lowest BCUT2D eigenvalue weighted by Gasteiger charge is -2.08. The highest BCUT2D eigenvalue weighted by Gasteiger charge is 2.10. The summed E-state index contributed by atoms with van der Waals surface area (Å²) in [6.07, 6.45) is 9.34. The van der Waals surface area contributed by atoms with Crippen molar-refractivity contribution in [3.8, 4) is 22.3 Å². The Morgan fingerprint density at radius 2 is 1.38 bits per heavy atom. The van der Waals surface area contributed by atoms with Crippen molar-refractivity contribution in [2.45, 2.75) is 0 Å².